The van der Waals surface area contributed by atoms with Gasteiger partial charge in [0, 0.05) is 28.8 Å². The van der Waals surface area contributed by atoms with Crippen molar-refractivity contribution >= 4 is 17.3 Å². The summed E-state index contributed by atoms with van der Waals surface area (Å²) in [6.07, 6.45) is 2.89. The van der Waals surface area contributed by atoms with E-state index in [4.69, 9.17) is 16.3 Å². The molecule has 0 spiro atoms. The number of nitro groups is 1. The van der Waals surface area contributed by atoms with Gasteiger partial charge in [-0.2, -0.15) is 0 Å². The summed E-state index contributed by atoms with van der Waals surface area (Å²) in [4.78, 5) is 10.4. The van der Waals surface area contributed by atoms with E-state index in [2.05, 4.69) is 13.8 Å². The lowest BCUT2D eigenvalue weighted by molar-refractivity contribution is -0.385. The first-order valence-electron chi connectivity index (χ1n) is 7.00. The Kier molecular flexibility index (Phi) is 4.23. The Morgan fingerprint density at radius 1 is 1.45 bits per heavy atom. The average Bonchev–Trinajstić information content (AvgIpc) is 2.39. The SMILES string of the molecule is CCC1(CC)C(Cl)CC1Oc1ccc([N+](=O)[O-])c(C)c1. The van der Waals surface area contributed by atoms with Crippen LogP contribution in [0.1, 0.15) is 38.7 Å². The molecular formula is C15H20ClNO3. The molecule has 0 aliphatic heterocycles. The van der Waals surface area contributed by atoms with Gasteiger partial charge >= 0.3 is 0 Å². The normalized spacial score (nSPS) is 24.0. The first kappa shape index (κ1) is 15.1. The summed E-state index contributed by atoms with van der Waals surface area (Å²) in [7, 11) is 0. The number of hydrogen-bond donors (Lipinski definition) is 0. The van der Waals surface area contributed by atoms with Crippen LogP contribution in [0.4, 0.5) is 5.69 Å². The van der Waals surface area contributed by atoms with E-state index in [9.17, 15) is 10.1 Å². The van der Waals surface area contributed by atoms with Gasteiger partial charge in [0.05, 0.1) is 4.92 Å². The molecule has 110 valence electrons. The highest BCUT2D eigenvalue weighted by Crippen LogP contribution is 2.51. The van der Waals surface area contributed by atoms with Gasteiger partial charge < -0.3 is 4.74 Å². The molecule has 1 fully saturated rings. The number of nitro benzene ring substituents is 1. The topological polar surface area (TPSA) is 52.4 Å². The van der Waals surface area contributed by atoms with E-state index in [1.807, 2.05) is 0 Å². The molecule has 0 N–H and O–H groups in total. The van der Waals surface area contributed by atoms with Gasteiger partial charge in [0.15, 0.2) is 0 Å². The highest BCUT2D eigenvalue weighted by molar-refractivity contribution is 6.21. The number of nitrogens with zero attached hydrogens (tertiary/aromatic N) is 1. The molecule has 5 heteroatoms. The van der Waals surface area contributed by atoms with Crippen LogP contribution in [0.25, 0.3) is 0 Å². The molecule has 20 heavy (non-hydrogen) atoms. The van der Waals surface area contributed by atoms with Gasteiger partial charge in [-0.15, -0.1) is 11.6 Å². The number of benzene rings is 1. The van der Waals surface area contributed by atoms with Gasteiger partial charge in [-0.25, -0.2) is 0 Å². The van der Waals surface area contributed by atoms with Crippen molar-refractivity contribution in [3.05, 3.63) is 33.9 Å². The van der Waals surface area contributed by atoms with E-state index < -0.39 is 0 Å². The molecule has 0 bridgehead atoms. The van der Waals surface area contributed by atoms with Crippen molar-refractivity contribution in [3.63, 3.8) is 0 Å². The molecule has 1 aliphatic rings. The minimum Gasteiger partial charge on any atom is -0.490 e. The fourth-order valence-electron chi connectivity index (χ4n) is 3.08. The van der Waals surface area contributed by atoms with Crippen molar-refractivity contribution in [3.8, 4) is 5.75 Å². The molecule has 4 nitrogen and oxygen atoms in total. The maximum Gasteiger partial charge on any atom is 0.272 e. The average molecular weight is 298 g/mol. The van der Waals surface area contributed by atoms with E-state index in [-0.39, 0.29) is 27.5 Å². The molecular weight excluding hydrogens is 278 g/mol. The molecule has 0 saturated heterocycles. The Balaban J connectivity index is 2.15. The Hall–Kier alpha value is -1.29. The Bertz CT molecular complexity index is 514. The Morgan fingerprint density at radius 2 is 2.10 bits per heavy atom. The number of hydrogen-bond acceptors (Lipinski definition) is 3. The van der Waals surface area contributed by atoms with Crippen molar-refractivity contribution in [2.24, 2.45) is 5.41 Å². The fraction of sp³-hybridized carbons (Fsp3) is 0.600. The zero-order valence-electron chi connectivity index (χ0n) is 12.1. The van der Waals surface area contributed by atoms with Gasteiger partial charge in [-0.3, -0.25) is 10.1 Å². The maximum atomic E-state index is 10.8. The highest BCUT2D eigenvalue weighted by Gasteiger charge is 2.53. The van der Waals surface area contributed by atoms with E-state index in [0.717, 1.165) is 19.3 Å². The van der Waals surface area contributed by atoms with Crippen LogP contribution in [0.3, 0.4) is 0 Å². The molecule has 1 saturated carbocycles. The number of ether oxygens (including phenoxy) is 1. The molecule has 1 aliphatic carbocycles. The van der Waals surface area contributed by atoms with Crippen LogP contribution in [0.5, 0.6) is 5.75 Å². The fourth-order valence-corrected chi connectivity index (χ4v) is 3.69. The highest BCUT2D eigenvalue weighted by atomic mass is 35.5. The van der Waals surface area contributed by atoms with Gasteiger partial charge in [-0.05, 0) is 31.9 Å². The number of rotatable bonds is 5. The Labute approximate surface area is 124 Å². The van der Waals surface area contributed by atoms with Crippen LogP contribution >= 0.6 is 11.6 Å². The summed E-state index contributed by atoms with van der Waals surface area (Å²) in [5.41, 5.74) is 0.767. The first-order valence-corrected chi connectivity index (χ1v) is 7.44. The molecule has 0 radical (unpaired) electrons. The zero-order chi connectivity index (χ0) is 14.9. The van der Waals surface area contributed by atoms with Crippen molar-refractivity contribution in [2.45, 2.75) is 51.5 Å². The van der Waals surface area contributed by atoms with E-state index in [1.54, 1.807) is 19.1 Å². The lowest BCUT2D eigenvalue weighted by Gasteiger charge is -2.52. The van der Waals surface area contributed by atoms with Crippen LogP contribution in [-0.2, 0) is 0 Å². The third-order valence-corrected chi connectivity index (χ3v) is 5.26. The molecule has 1 aromatic rings. The van der Waals surface area contributed by atoms with Gasteiger partial charge in [-0.1, -0.05) is 13.8 Å². The molecule has 2 atom stereocenters. The predicted molar refractivity (Wildman–Crippen MR) is 79.5 cm³/mol. The summed E-state index contributed by atoms with van der Waals surface area (Å²) in [5.74, 6) is 0.688. The van der Waals surface area contributed by atoms with E-state index in [0.29, 0.717) is 11.3 Å². The maximum absolute atomic E-state index is 10.8. The third-order valence-electron chi connectivity index (χ3n) is 4.65. The number of aryl methyl sites for hydroxylation is 1. The second kappa shape index (κ2) is 5.60. The zero-order valence-corrected chi connectivity index (χ0v) is 12.8. The van der Waals surface area contributed by atoms with Crippen LogP contribution in [0, 0.1) is 22.5 Å². The van der Waals surface area contributed by atoms with E-state index >= 15 is 0 Å². The predicted octanol–water partition coefficient (Wildman–Crippen LogP) is 4.47. The monoisotopic (exact) mass is 297 g/mol. The lowest BCUT2D eigenvalue weighted by atomic mass is 9.62. The molecule has 0 heterocycles. The van der Waals surface area contributed by atoms with Crippen LogP contribution in [-0.4, -0.2) is 16.4 Å². The molecule has 0 aromatic heterocycles. The molecule has 2 unspecified atom stereocenters. The van der Waals surface area contributed by atoms with Crippen LogP contribution in [0.2, 0.25) is 0 Å². The summed E-state index contributed by atoms with van der Waals surface area (Å²) >= 11 is 6.36. The number of halogens is 1. The lowest BCUT2D eigenvalue weighted by Crippen LogP contribution is -2.56. The van der Waals surface area contributed by atoms with Gasteiger partial charge in [0.1, 0.15) is 11.9 Å². The van der Waals surface area contributed by atoms with Crippen LogP contribution < -0.4 is 4.74 Å². The number of alkyl halides is 1. The Morgan fingerprint density at radius 3 is 2.55 bits per heavy atom. The molecule has 1 aromatic carbocycles. The second-order valence-corrected chi connectivity index (χ2v) is 5.98. The standard InChI is InChI=1S/C15H20ClNO3/c1-4-15(5-2)13(16)9-14(15)20-11-6-7-12(17(18)19)10(3)8-11/h6-8,13-14H,4-5,9H2,1-3H3. The van der Waals surface area contributed by atoms with Gasteiger partial charge in [0.2, 0.25) is 0 Å². The van der Waals surface area contributed by atoms with Crippen molar-refractivity contribution in [2.75, 3.05) is 0 Å². The van der Waals surface area contributed by atoms with Crippen molar-refractivity contribution in [1.29, 1.82) is 0 Å². The molecule has 2 rings (SSSR count). The third kappa shape index (κ3) is 2.37. The summed E-state index contributed by atoms with van der Waals surface area (Å²) in [6.45, 7) is 5.99. The van der Waals surface area contributed by atoms with Crippen molar-refractivity contribution in [1.82, 2.24) is 0 Å². The minimum atomic E-state index is -0.375. The smallest absolute Gasteiger partial charge is 0.272 e. The quantitative estimate of drug-likeness (QED) is 0.458. The van der Waals surface area contributed by atoms with Crippen LogP contribution in [0.15, 0.2) is 18.2 Å². The summed E-state index contributed by atoms with van der Waals surface area (Å²) in [6, 6.07) is 4.90. The van der Waals surface area contributed by atoms with Gasteiger partial charge in [0.25, 0.3) is 5.69 Å². The van der Waals surface area contributed by atoms with E-state index in [1.165, 1.54) is 6.07 Å². The minimum absolute atomic E-state index is 0.0250. The second-order valence-electron chi connectivity index (χ2n) is 5.46. The summed E-state index contributed by atoms with van der Waals surface area (Å²) < 4.78 is 6.03. The summed E-state index contributed by atoms with van der Waals surface area (Å²) in [5, 5.41) is 11.0. The van der Waals surface area contributed by atoms with Crippen molar-refractivity contribution < 1.29 is 9.66 Å². The molecule has 0 amide bonds. The largest absolute Gasteiger partial charge is 0.490 e. The first-order chi connectivity index (χ1) is 9.44.